The maximum absolute atomic E-state index is 12.9. The highest BCUT2D eigenvalue weighted by Gasteiger charge is 2.32. The molecule has 32 heavy (non-hydrogen) atoms. The largest absolute Gasteiger partial charge is 0.492 e. The van der Waals surface area contributed by atoms with Crippen molar-refractivity contribution in [1.29, 1.82) is 0 Å². The molecule has 0 aromatic heterocycles. The summed E-state index contributed by atoms with van der Waals surface area (Å²) in [5, 5.41) is 5.04. The molecule has 7 heteroatoms. The summed E-state index contributed by atoms with van der Waals surface area (Å²) in [6.45, 7) is 6.10. The van der Waals surface area contributed by atoms with Crippen molar-refractivity contribution in [3.8, 4) is 5.75 Å². The zero-order valence-electron chi connectivity index (χ0n) is 19.0. The third-order valence-electron chi connectivity index (χ3n) is 5.32. The van der Waals surface area contributed by atoms with E-state index in [2.05, 4.69) is 5.32 Å². The van der Waals surface area contributed by atoms with Gasteiger partial charge in [-0.1, -0.05) is 49.4 Å². The fourth-order valence-electron chi connectivity index (χ4n) is 3.71. The van der Waals surface area contributed by atoms with Gasteiger partial charge in [0, 0.05) is 0 Å². The standard InChI is InChI=1S/C25H30N2O4S/c1-5-23(27(32(4,29)30)24-16-18(2)10-11-19(24)3)25(28)26-14-15-31-22-13-12-20-8-6-7-9-21(20)17-22/h6-13,16-17,23H,5,14-15H2,1-4H3,(H,26,28). The van der Waals surface area contributed by atoms with E-state index in [9.17, 15) is 13.2 Å². The van der Waals surface area contributed by atoms with Gasteiger partial charge in [-0.2, -0.15) is 0 Å². The molecule has 3 aromatic rings. The molecule has 0 aliphatic rings. The number of nitrogens with zero attached hydrogens (tertiary/aromatic N) is 1. The SMILES string of the molecule is CCC(C(=O)NCCOc1ccc2ccccc2c1)N(c1cc(C)ccc1C)S(C)(=O)=O. The average Bonchev–Trinajstić information content (AvgIpc) is 2.75. The Labute approximate surface area is 190 Å². The lowest BCUT2D eigenvalue weighted by molar-refractivity contribution is -0.122. The van der Waals surface area contributed by atoms with Crippen LogP contribution in [0, 0.1) is 13.8 Å². The van der Waals surface area contributed by atoms with Gasteiger partial charge in [-0.15, -0.1) is 0 Å². The molecule has 0 heterocycles. The molecule has 0 saturated heterocycles. The van der Waals surface area contributed by atoms with E-state index in [-0.39, 0.29) is 19.1 Å². The van der Waals surface area contributed by atoms with Crippen LogP contribution < -0.4 is 14.4 Å². The summed E-state index contributed by atoms with van der Waals surface area (Å²) in [7, 11) is -3.67. The molecule has 0 bridgehead atoms. The first kappa shape index (κ1) is 23.6. The summed E-state index contributed by atoms with van der Waals surface area (Å²) in [5.74, 6) is 0.374. The number of ether oxygens (including phenoxy) is 1. The van der Waals surface area contributed by atoms with Gasteiger partial charge in [0.15, 0.2) is 0 Å². The molecule has 0 aliphatic carbocycles. The Balaban J connectivity index is 1.67. The van der Waals surface area contributed by atoms with Gasteiger partial charge in [-0.05, 0) is 60.4 Å². The number of aryl methyl sites for hydroxylation is 2. The van der Waals surface area contributed by atoms with E-state index in [1.165, 1.54) is 4.31 Å². The lowest BCUT2D eigenvalue weighted by atomic mass is 10.1. The summed E-state index contributed by atoms with van der Waals surface area (Å²) in [5.41, 5.74) is 2.26. The van der Waals surface area contributed by atoms with Gasteiger partial charge in [-0.3, -0.25) is 9.10 Å². The number of carbonyl (C=O) groups is 1. The van der Waals surface area contributed by atoms with Crippen molar-refractivity contribution in [2.24, 2.45) is 0 Å². The Morgan fingerprint density at radius 2 is 1.75 bits per heavy atom. The van der Waals surface area contributed by atoms with Crippen LogP contribution in [0.1, 0.15) is 24.5 Å². The molecule has 6 nitrogen and oxygen atoms in total. The molecule has 1 N–H and O–H groups in total. The van der Waals surface area contributed by atoms with Crippen LogP contribution in [0.5, 0.6) is 5.75 Å². The molecule has 1 unspecified atom stereocenters. The fraction of sp³-hybridized carbons (Fsp3) is 0.320. The third-order valence-corrected chi connectivity index (χ3v) is 6.49. The average molecular weight is 455 g/mol. The van der Waals surface area contributed by atoms with Crippen LogP contribution >= 0.6 is 0 Å². The smallest absolute Gasteiger partial charge is 0.244 e. The highest BCUT2D eigenvalue weighted by molar-refractivity contribution is 7.92. The second kappa shape index (κ2) is 10.0. The van der Waals surface area contributed by atoms with Crippen LogP contribution in [-0.4, -0.2) is 39.8 Å². The summed E-state index contributed by atoms with van der Waals surface area (Å²) >= 11 is 0. The van der Waals surface area contributed by atoms with Crippen LogP contribution in [-0.2, 0) is 14.8 Å². The van der Waals surface area contributed by atoms with Gasteiger partial charge in [-0.25, -0.2) is 8.42 Å². The zero-order valence-corrected chi connectivity index (χ0v) is 19.8. The predicted molar refractivity (Wildman–Crippen MR) is 130 cm³/mol. The summed E-state index contributed by atoms with van der Waals surface area (Å²) < 4.78 is 32.3. The quantitative estimate of drug-likeness (QED) is 0.492. The van der Waals surface area contributed by atoms with Gasteiger partial charge >= 0.3 is 0 Å². The highest BCUT2D eigenvalue weighted by Crippen LogP contribution is 2.27. The van der Waals surface area contributed by atoms with Crippen LogP contribution in [0.4, 0.5) is 5.69 Å². The Hall–Kier alpha value is -3.06. The molecular weight excluding hydrogens is 424 g/mol. The predicted octanol–water partition coefficient (Wildman–Crippen LogP) is 4.20. The molecule has 170 valence electrons. The van der Waals surface area contributed by atoms with Gasteiger partial charge < -0.3 is 10.1 Å². The van der Waals surface area contributed by atoms with E-state index in [0.29, 0.717) is 12.1 Å². The van der Waals surface area contributed by atoms with Crippen molar-refractivity contribution in [1.82, 2.24) is 5.32 Å². The number of amides is 1. The number of hydrogen-bond acceptors (Lipinski definition) is 4. The highest BCUT2D eigenvalue weighted by atomic mass is 32.2. The number of sulfonamides is 1. The molecule has 0 fully saturated rings. The number of benzene rings is 3. The van der Waals surface area contributed by atoms with E-state index >= 15 is 0 Å². The summed E-state index contributed by atoms with van der Waals surface area (Å²) in [4.78, 5) is 12.9. The van der Waals surface area contributed by atoms with Crippen LogP contribution in [0.15, 0.2) is 60.7 Å². The summed E-state index contributed by atoms with van der Waals surface area (Å²) in [6.07, 6.45) is 1.48. The molecular formula is C25H30N2O4S. The van der Waals surface area contributed by atoms with Crippen molar-refractivity contribution < 1.29 is 17.9 Å². The van der Waals surface area contributed by atoms with Crippen molar-refractivity contribution in [3.05, 3.63) is 71.8 Å². The van der Waals surface area contributed by atoms with Crippen molar-refractivity contribution in [2.75, 3.05) is 23.7 Å². The molecule has 0 aliphatic heterocycles. The Bertz CT molecular complexity index is 1210. The number of nitrogens with one attached hydrogen (secondary N) is 1. The summed E-state index contributed by atoms with van der Waals surface area (Å²) in [6, 6.07) is 18.6. The van der Waals surface area contributed by atoms with Crippen LogP contribution in [0.25, 0.3) is 10.8 Å². The minimum absolute atomic E-state index is 0.270. The van der Waals surface area contributed by atoms with E-state index < -0.39 is 16.1 Å². The van der Waals surface area contributed by atoms with Gasteiger partial charge in [0.1, 0.15) is 18.4 Å². The fourth-order valence-corrected chi connectivity index (χ4v) is 4.97. The topological polar surface area (TPSA) is 75.7 Å². The van der Waals surface area contributed by atoms with E-state index in [4.69, 9.17) is 4.74 Å². The van der Waals surface area contributed by atoms with Crippen LogP contribution in [0.2, 0.25) is 0 Å². The molecule has 0 saturated carbocycles. The lowest BCUT2D eigenvalue weighted by Crippen LogP contribution is -2.50. The number of anilines is 1. The minimum Gasteiger partial charge on any atom is -0.492 e. The molecule has 3 aromatic carbocycles. The maximum Gasteiger partial charge on any atom is 0.244 e. The first-order valence-corrected chi connectivity index (χ1v) is 12.5. The van der Waals surface area contributed by atoms with Crippen LogP contribution in [0.3, 0.4) is 0 Å². The maximum atomic E-state index is 12.9. The van der Waals surface area contributed by atoms with Gasteiger partial charge in [0.05, 0.1) is 18.5 Å². The Morgan fingerprint density at radius 3 is 2.44 bits per heavy atom. The number of fused-ring (bicyclic) bond motifs is 1. The lowest BCUT2D eigenvalue weighted by Gasteiger charge is -2.31. The number of rotatable bonds is 9. The van der Waals surface area contributed by atoms with E-state index in [1.54, 1.807) is 13.0 Å². The van der Waals surface area contributed by atoms with Crippen molar-refractivity contribution >= 4 is 32.4 Å². The van der Waals surface area contributed by atoms with Gasteiger partial charge in [0.2, 0.25) is 15.9 Å². The molecule has 0 spiro atoms. The molecule has 1 atom stereocenters. The first-order valence-electron chi connectivity index (χ1n) is 10.7. The van der Waals surface area contributed by atoms with E-state index in [1.807, 2.05) is 68.4 Å². The van der Waals surface area contributed by atoms with Crippen molar-refractivity contribution in [2.45, 2.75) is 33.2 Å². The second-order valence-electron chi connectivity index (χ2n) is 7.92. The first-order chi connectivity index (χ1) is 15.2. The molecule has 3 rings (SSSR count). The number of hydrogen-bond donors (Lipinski definition) is 1. The minimum atomic E-state index is -3.67. The molecule has 1 amide bonds. The zero-order chi connectivity index (χ0) is 23.3. The normalized spacial score (nSPS) is 12.4. The van der Waals surface area contributed by atoms with E-state index in [0.717, 1.165) is 33.9 Å². The van der Waals surface area contributed by atoms with Crippen molar-refractivity contribution in [3.63, 3.8) is 0 Å². The second-order valence-corrected chi connectivity index (χ2v) is 9.78. The van der Waals surface area contributed by atoms with Gasteiger partial charge in [0.25, 0.3) is 0 Å². The third kappa shape index (κ3) is 5.59. The number of carbonyl (C=O) groups excluding carboxylic acids is 1. The Morgan fingerprint density at radius 1 is 1.03 bits per heavy atom. The monoisotopic (exact) mass is 454 g/mol. The molecule has 0 radical (unpaired) electrons. The Kier molecular flexibility index (Phi) is 7.40.